The summed E-state index contributed by atoms with van der Waals surface area (Å²) in [6, 6.07) is 4.15. The Morgan fingerprint density at radius 2 is 2.00 bits per heavy atom. The number of carbonyl (C=O) groups is 2. The third-order valence-electron chi connectivity index (χ3n) is 2.92. The molecule has 20 heavy (non-hydrogen) atoms. The van der Waals surface area contributed by atoms with Crippen LogP contribution in [-0.4, -0.2) is 35.9 Å². The van der Waals surface area contributed by atoms with Crippen molar-refractivity contribution in [2.75, 3.05) is 11.4 Å². The maximum absolute atomic E-state index is 12.1. The van der Waals surface area contributed by atoms with Crippen LogP contribution in [0.3, 0.4) is 0 Å². The van der Waals surface area contributed by atoms with Gasteiger partial charge in [-0.1, -0.05) is 18.2 Å². The summed E-state index contributed by atoms with van der Waals surface area (Å²) >= 11 is 0. The van der Waals surface area contributed by atoms with Crippen molar-refractivity contribution in [1.82, 2.24) is 5.32 Å². The molecule has 1 aromatic carbocycles. The van der Waals surface area contributed by atoms with Crippen LogP contribution in [-0.2, 0) is 11.2 Å². The molecule has 0 aliphatic carbocycles. The van der Waals surface area contributed by atoms with E-state index in [-0.39, 0.29) is 6.42 Å². The van der Waals surface area contributed by atoms with Gasteiger partial charge in [0.15, 0.2) is 0 Å². The Hall–Kier alpha value is -2.25. The number of halogens is 3. The molecule has 0 spiro atoms. The summed E-state index contributed by atoms with van der Waals surface area (Å²) in [6.45, 7) is -1.50. The lowest BCUT2D eigenvalue weighted by Gasteiger charge is -2.23. The number of nitrogens with one attached hydrogen (secondary N) is 1. The van der Waals surface area contributed by atoms with Crippen LogP contribution in [0.15, 0.2) is 24.3 Å². The SMILES string of the molecule is O=C(O)C1Cc2ccccc2N1C(=O)NCC(F)(F)F. The standard InChI is InChI=1S/C12H11F3N2O3/c13-12(14,15)6-16-11(20)17-8-4-2-1-3-7(8)5-9(17)10(18)19/h1-4,9H,5-6H2,(H,16,20)(H,18,19). The van der Waals surface area contributed by atoms with Crippen LogP contribution in [0.25, 0.3) is 0 Å². The fourth-order valence-electron chi connectivity index (χ4n) is 2.10. The normalized spacial score (nSPS) is 17.8. The van der Waals surface area contributed by atoms with Gasteiger partial charge in [-0.15, -0.1) is 0 Å². The van der Waals surface area contributed by atoms with Crippen molar-refractivity contribution in [2.24, 2.45) is 0 Å². The maximum atomic E-state index is 12.1. The molecule has 0 saturated carbocycles. The van der Waals surface area contributed by atoms with E-state index in [0.29, 0.717) is 11.3 Å². The predicted octanol–water partition coefficient (Wildman–Crippen LogP) is 1.77. The highest BCUT2D eigenvalue weighted by molar-refractivity contribution is 6.01. The first kappa shape index (κ1) is 14.2. The van der Waals surface area contributed by atoms with Crippen LogP contribution in [0.2, 0.25) is 0 Å². The van der Waals surface area contributed by atoms with E-state index in [2.05, 4.69) is 0 Å². The van der Waals surface area contributed by atoms with Crippen LogP contribution in [0, 0.1) is 0 Å². The molecule has 2 rings (SSSR count). The Labute approximate surface area is 112 Å². The van der Waals surface area contributed by atoms with Crippen LogP contribution in [0.5, 0.6) is 0 Å². The maximum Gasteiger partial charge on any atom is 0.405 e. The van der Waals surface area contributed by atoms with Crippen molar-refractivity contribution in [3.63, 3.8) is 0 Å². The van der Waals surface area contributed by atoms with E-state index in [1.165, 1.54) is 6.07 Å². The highest BCUT2D eigenvalue weighted by Gasteiger charge is 2.39. The number of carboxylic acid groups (broad SMARTS) is 1. The number of rotatable bonds is 2. The number of benzene rings is 1. The average molecular weight is 288 g/mol. The summed E-state index contributed by atoms with van der Waals surface area (Å²) in [4.78, 5) is 23.8. The quantitative estimate of drug-likeness (QED) is 0.871. The van der Waals surface area contributed by atoms with E-state index in [9.17, 15) is 22.8 Å². The zero-order valence-electron chi connectivity index (χ0n) is 10.1. The van der Waals surface area contributed by atoms with Gasteiger partial charge in [0.2, 0.25) is 0 Å². The van der Waals surface area contributed by atoms with E-state index < -0.39 is 30.8 Å². The van der Waals surface area contributed by atoms with E-state index in [4.69, 9.17) is 5.11 Å². The molecule has 1 unspecified atom stereocenters. The number of fused-ring (bicyclic) bond motifs is 1. The minimum absolute atomic E-state index is 0.0743. The molecule has 0 aromatic heterocycles. The zero-order chi connectivity index (χ0) is 14.9. The molecule has 2 amide bonds. The molecule has 1 aromatic rings. The van der Waals surface area contributed by atoms with Gasteiger partial charge in [0.05, 0.1) is 0 Å². The summed E-state index contributed by atoms with van der Waals surface area (Å²) in [5.74, 6) is -1.26. The van der Waals surface area contributed by atoms with Gasteiger partial charge in [-0.05, 0) is 11.6 Å². The molecule has 8 heteroatoms. The van der Waals surface area contributed by atoms with E-state index >= 15 is 0 Å². The molecule has 1 heterocycles. The number of urea groups is 1. The number of hydrogen-bond acceptors (Lipinski definition) is 2. The van der Waals surface area contributed by atoms with Gasteiger partial charge in [-0.25, -0.2) is 9.59 Å². The highest BCUT2D eigenvalue weighted by atomic mass is 19.4. The van der Waals surface area contributed by atoms with Gasteiger partial charge in [0.25, 0.3) is 0 Å². The minimum atomic E-state index is -4.55. The molecular weight excluding hydrogens is 277 g/mol. The molecule has 1 aliphatic rings. The van der Waals surface area contributed by atoms with E-state index in [0.717, 1.165) is 4.90 Å². The number of hydrogen-bond donors (Lipinski definition) is 2. The molecule has 1 aliphatic heterocycles. The second-order valence-electron chi connectivity index (χ2n) is 4.33. The molecule has 5 nitrogen and oxygen atoms in total. The molecule has 0 bridgehead atoms. The van der Waals surface area contributed by atoms with Gasteiger partial charge in [-0.2, -0.15) is 13.2 Å². The molecule has 2 N–H and O–H groups in total. The van der Waals surface area contributed by atoms with Crippen LogP contribution >= 0.6 is 0 Å². The molecule has 0 radical (unpaired) electrons. The van der Waals surface area contributed by atoms with Gasteiger partial charge in [0.1, 0.15) is 12.6 Å². The first-order chi connectivity index (χ1) is 9.29. The Morgan fingerprint density at radius 3 is 2.60 bits per heavy atom. The fraction of sp³-hybridized carbons (Fsp3) is 0.333. The van der Waals surface area contributed by atoms with Crippen molar-refractivity contribution in [3.05, 3.63) is 29.8 Å². The highest BCUT2D eigenvalue weighted by Crippen LogP contribution is 2.32. The van der Waals surface area contributed by atoms with Crippen LogP contribution in [0.4, 0.5) is 23.7 Å². The lowest BCUT2D eigenvalue weighted by molar-refractivity contribution is -0.138. The Bertz CT molecular complexity index is 545. The number of alkyl halides is 3. The lowest BCUT2D eigenvalue weighted by Crippen LogP contribution is -2.49. The van der Waals surface area contributed by atoms with Crippen molar-refractivity contribution < 1.29 is 27.9 Å². The molecule has 108 valence electrons. The van der Waals surface area contributed by atoms with Crippen molar-refractivity contribution >= 4 is 17.7 Å². The van der Waals surface area contributed by atoms with Crippen LogP contribution in [0.1, 0.15) is 5.56 Å². The van der Waals surface area contributed by atoms with E-state index in [1.807, 2.05) is 0 Å². The number of anilines is 1. The first-order valence-corrected chi connectivity index (χ1v) is 5.74. The summed E-state index contributed by atoms with van der Waals surface area (Å²) in [7, 11) is 0. The second kappa shape index (κ2) is 5.03. The number of para-hydroxylation sites is 1. The third-order valence-corrected chi connectivity index (χ3v) is 2.92. The Morgan fingerprint density at radius 1 is 1.35 bits per heavy atom. The number of carbonyl (C=O) groups excluding carboxylic acids is 1. The van der Waals surface area contributed by atoms with Gasteiger partial charge in [0, 0.05) is 12.1 Å². The number of carboxylic acids is 1. The van der Waals surface area contributed by atoms with Crippen molar-refractivity contribution in [2.45, 2.75) is 18.6 Å². The number of amides is 2. The van der Waals surface area contributed by atoms with Gasteiger partial charge >= 0.3 is 18.2 Å². The first-order valence-electron chi connectivity index (χ1n) is 5.74. The van der Waals surface area contributed by atoms with E-state index in [1.54, 1.807) is 23.5 Å². The van der Waals surface area contributed by atoms with Crippen LogP contribution < -0.4 is 10.2 Å². The molecular formula is C12H11F3N2O3. The van der Waals surface area contributed by atoms with Gasteiger partial charge < -0.3 is 10.4 Å². The summed E-state index contributed by atoms with van der Waals surface area (Å²) in [5, 5.41) is 10.8. The average Bonchev–Trinajstić information content (AvgIpc) is 2.74. The minimum Gasteiger partial charge on any atom is -0.480 e. The summed E-state index contributed by atoms with van der Waals surface area (Å²) < 4.78 is 36.3. The third kappa shape index (κ3) is 2.84. The second-order valence-corrected chi connectivity index (χ2v) is 4.33. The summed E-state index contributed by atoms with van der Waals surface area (Å²) in [5.41, 5.74) is 0.932. The largest absolute Gasteiger partial charge is 0.480 e. The Balaban J connectivity index is 2.22. The predicted molar refractivity (Wildman–Crippen MR) is 63.5 cm³/mol. The zero-order valence-corrected chi connectivity index (χ0v) is 10.1. The smallest absolute Gasteiger partial charge is 0.405 e. The summed E-state index contributed by atoms with van der Waals surface area (Å²) in [6.07, 6.45) is -4.47. The molecule has 1 atom stereocenters. The molecule has 0 saturated heterocycles. The topological polar surface area (TPSA) is 69.6 Å². The van der Waals surface area contributed by atoms with Gasteiger partial charge in [-0.3, -0.25) is 4.90 Å². The fourth-order valence-corrected chi connectivity index (χ4v) is 2.10. The Kier molecular flexibility index (Phi) is 3.56. The molecule has 0 fully saturated rings. The monoisotopic (exact) mass is 288 g/mol. The van der Waals surface area contributed by atoms with Crippen molar-refractivity contribution in [3.8, 4) is 0 Å². The van der Waals surface area contributed by atoms with Crippen molar-refractivity contribution in [1.29, 1.82) is 0 Å². The number of nitrogens with zero attached hydrogens (tertiary/aromatic N) is 1. The number of aliphatic carboxylic acids is 1. The lowest BCUT2D eigenvalue weighted by atomic mass is 10.1.